The Morgan fingerprint density at radius 1 is 0.974 bits per heavy atom. The summed E-state index contributed by atoms with van der Waals surface area (Å²) in [7, 11) is 3.69. The Balaban J connectivity index is 1.63. The molecule has 4 heteroatoms. The largest absolute Gasteiger partial charge is 0.393 e. The molecule has 1 aliphatic heterocycles. The fourth-order valence-electron chi connectivity index (χ4n) is 10.4. The summed E-state index contributed by atoms with van der Waals surface area (Å²) in [5.41, 5.74) is 0.787. The minimum Gasteiger partial charge on any atom is -0.393 e. The van der Waals surface area contributed by atoms with Crippen molar-refractivity contribution in [2.45, 2.75) is 156 Å². The average Bonchev–Trinajstić information content (AvgIpc) is 3.36. The summed E-state index contributed by atoms with van der Waals surface area (Å²) in [4.78, 5) is 0. The molecule has 222 valence electrons. The zero-order valence-electron chi connectivity index (χ0n) is 27.0. The van der Waals surface area contributed by atoms with Gasteiger partial charge in [0.05, 0.1) is 30.0 Å². The molecule has 0 radical (unpaired) electrons. The van der Waals surface area contributed by atoms with E-state index in [2.05, 4.69) is 62.3 Å². The van der Waals surface area contributed by atoms with Gasteiger partial charge in [0, 0.05) is 20.1 Å². The zero-order valence-corrected chi connectivity index (χ0v) is 27.0. The molecule has 0 aromatic carbocycles. The first kappa shape index (κ1) is 30.8. The number of methoxy groups -OCH3 is 2. The zero-order chi connectivity index (χ0) is 28.4. The highest BCUT2D eigenvalue weighted by Gasteiger charge is 2.77. The Bertz CT molecular complexity index is 848. The maximum atomic E-state index is 10.9. The third-order valence-corrected chi connectivity index (χ3v) is 13.7. The monoisotopic (exact) mass is 534 g/mol. The minimum atomic E-state index is -0.282. The predicted molar refractivity (Wildman–Crippen MR) is 156 cm³/mol. The van der Waals surface area contributed by atoms with Crippen LogP contribution in [-0.2, 0) is 14.2 Å². The Hall–Kier alpha value is -0.160. The molecule has 3 saturated carbocycles. The molecule has 38 heavy (non-hydrogen) atoms. The Morgan fingerprint density at radius 2 is 1.66 bits per heavy atom. The van der Waals surface area contributed by atoms with Crippen LogP contribution in [0.25, 0.3) is 0 Å². The molecule has 0 aromatic heterocycles. The molecular weight excluding hydrogens is 472 g/mol. The van der Waals surface area contributed by atoms with Crippen LogP contribution >= 0.6 is 0 Å². The topological polar surface area (TPSA) is 47.9 Å². The smallest absolute Gasteiger partial charge is 0.0883 e. The molecule has 1 saturated heterocycles. The number of aliphatic hydroxyl groups excluding tert-OH is 1. The molecule has 9 atom stereocenters. The molecule has 2 unspecified atom stereocenters. The van der Waals surface area contributed by atoms with Gasteiger partial charge < -0.3 is 19.3 Å². The van der Waals surface area contributed by atoms with Crippen LogP contribution in [-0.4, -0.2) is 49.3 Å². The third-order valence-electron chi connectivity index (χ3n) is 13.7. The van der Waals surface area contributed by atoms with E-state index in [-0.39, 0.29) is 39.7 Å². The molecule has 0 aromatic rings. The Labute approximate surface area is 235 Å². The molecule has 4 fully saturated rings. The quantitative estimate of drug-likeness (QED) is 0.307. The molecule has 3 aliphatic carbocycles. The summed E-state index contributed by atoms with van der Waals surface area (Å²) in [6.45, 7) is 21.7. The highest BCUT2D eigenvalue weighted by atomic mass is 16.6. The van der Waals surface area contributed by atoms with Gasteiger partial charge in [-0.2, -0.15) is 0 Å². The van der Waals surface area contributed by atoms with E-state index in [9.17, 15) is 5.11 Å². The summed E-state index contributed by atoms with van der Waals surface area (Å²) in [5.74, 6) is 1.09. The first-order valence-electron chi connectivity index (χ1n) is 15.9. The van der Waals surface area contributed by atoms with Gasteiger partial charge in [-0.3, -0.25) is 0 Å². The second-order valence-electron chi connectivity index (χ2n) is 16.4. The summed E-state index contributed by atoms with van der Waals surface area (Å²) >= 11 is 0. The van der Waals surface area contributed by atoms with Gasteiger partial charge in [0.2, 0.25) is 0 Å². The molecule has 1 spiro atoms. The van der Waals surface area contributed by atoms with Crippen LogP contribution in [0.2, 0.25) is 0 Å². The fourth-order valence-corrected chi connectivity index (χ4v) is 10.4. The van der Waals surface area contributed by atoms with Crippen molar-refractivity contribution in [2.24, 2.45) is 38.9 Å². The molecule has 0 amide bonds. The van der Waals surface area contributed by atoms with Crippen LogP contribution in [0.4, 0.5) is 0 Å². The van der Waals surface area contributed by atoms with E-state index in [0.717, 1.165) is 31.8 Å². The molecule has 4 nitrogen and oxygen atoms in total. The van der Waals surface area contributed by atoms with Crippen molar-refractivity contribution < 1.29 is 19.3 Å². The van der Waals surface area contributed by atoms with Crippen molar-refractivity contribution in [2.75, 3.05) is 20.8 Å². The van der Waals surface area contributed by atoms with Gasteiger partial charge in [-0.05, 0) is 118 Å². The van der Waals surface area contributed by atoms with Gasteiger partial charge >= 0.3 is 0 Å². The van der Waals surface area contributed by atoms with Gasteiger partial charge in [0.15, 0.2) is 0 Å². The van der Waals surface area contributed by atoms with Crippen LogP contribution in [0.5, 0.6) is 0 Å². The van der Waals surface area contributed by atoms with Gasteiger partial charge in [-0.15, -0.1) is 0 Å². The fraction of sp³-hybridized carbons (Fsp3) is 1.00. The van der Waals surface area contributed by atoms with Crippen LogP contribution in [0.1, 0.15) is 133 Å². The van der Waals surface area contributed by atoms with E-state index in [1.807, 2.05) is 14.2 Å². The van der Waals surface area contributed by atoms with E-state index < -0.39 is 0 Å². The second-order valence-corrected chi connectivity index (χ2v) is 16.4. The predicted octanol–water partition coefficient (Wildman–Crippen LogP) is 8.19. The lowest BCUT2D eigenvalue weighted by molar-refractivity contribution is -0.217. The van der Waals surface area contributed by atoms with Crippen LogP contribution in [0, 0.1) is 38.9 Å². The Morgan fingerprint density at radius 3 is 2.24 bits per heavy atom. The second kappa shape index (κ2) is 9.99. The van der Waals surface area contributed by atoms with E-state index in [1.165, 1.54) is 51.4 Å². The van der Waals surface area contributed by atoms with Crippen molar-refractivity contribution in [3.05, 3.63) is 0 Å². The minimum absolute atomic E-state index is 0.0326. The normalized spacial score (nSPS) is 44.8. The summed E-state index contributed by atoms with van der Waals surface area (Å²) in [5, 5.41) is 10.9. The van der Waals surface area contributed by atoms with Crippen molar-refractivity contribution >= 4 is 0 Å². The van der Waals surface area contributed by atoms with Crippen LogP contribution in [0.3, 0.4) is 0 Å². The molecule has 1 heterocycles. The van der Waals surface area contributed by atoms with Crippen molar-refractivity contribution in [1.82, 2.24) is 0 Å². The lowest BCUT2D eigenvalue weighted by atomic mass is 9.41. The third kappa shape index (κ3) is 4.54. The number of aliphatic hydroxyl groups is 1. The van der Waals surface area contributed by atoms with Crippen LogP contribution < -0.4 is 0 Å². The van der Waals surface area contributed by atoms with Gasteiger partial charge in [-0.25, -0.2) is 0 Å². The molecule has 4 rings (SSSR count). The van der Waals surface area contributed by atoms with Gasteiger partial charge in [-0.1, -0.05) is 48.0 Å². The van der Waals surface area contributed by atoms with Crippen molar-refractivity contribution in [3.63, 3.8) is 0 Å². The summed E-state index contributed by atoms with van der Waals surface area (Å²) in [6.07, 6.45) is 13.4. The first-order chi connectivity index (χ1) is 17.5. The number of hydrogen-bond acceptors (Lipinski definition) is 4. The number of hydrogen-bond donors (Lipinski definition) is 1. The summed E-state index contributed by atoms with van der Waals surface area (Å²) in [6, 6.07) is 0. The van der Waals surface area contributed by atoms with Crippen molar-refractivity contribution in [1.29, 1.82) is 0 Å². The highest BCUT2D eigenvalue weighted by molar-refractivity contribution is 5.26. The van der Waals surface area contributed by atoms with E-state index in [0.29, 0.717) is 16.7 Å². The van der Waals surface area contributed by atoms with E-state index in [1.54, 1.807) is 0 Å². The van der Waals surface area contributed by atoms with Gasteiger partial charge in [0.25, 0.3) is 0 Å². The number of ether oxygens (including phenoxy) is 3. The molecule has 0 bridgehead atoms. The summed E-state index contributed by atoms with van der Waals surface area (Å²) < 4.78 is 18.9. The van der Waals surface area contributed by atoms with Crippen LogP contribution in [0.15, 0.2) is 0 Å². The highest BCUT2D eigenvalue weighted by Crippen LogP contribution is 2.84. The van der Waals surface area contributed by atoms with Crippen molar-refractivity contribution in [3.8, 4) is 0 Å². The molecule has 1 N–H and O–H groups in total. The average molecular weight is 535 g/mol. The van der Waals surface area contributed by atoms with E-state index >= 15 is 0 Å². The lowest BCUT2D eigenvalue weighted by Crippen LogP contribution is -2.61. The Kier molecular flexibility index (Phi) is 8.09. The maximum absolute atomic E-state index is 10.9. The lowest BCUT2D eigenvalue weighted by Gasteiger charge is -2.65. The maximum Gasteiger partial charge on any atom is 0.0883 e. The first-order valence-corrected chi connectivity index (χ1v) is 15.9. The van der Waals surface area contributed by atoms with E-state index in [4.69, 9.17) is 14.2 Å². The molecule has 4 aliphatic rings. The number of rotatable bonds is 10. The van der Waals surface area contributed by atoms with Gasteiger partial charge in [0.1, 0.15) is 0 Å². The standard InChI is InChI=1S/C34H62O4/c1-12-30(7)24-14-13-17-33(19-15-26(35)28(2,3)4)23-34(24,33)21-20-31(30,8)25(22-36-10)32(9)18-16-27(38-32)29(5,6)37-11/h24-27,35H,12-23H2,1-11H3/t24-,25?,26-,27?,30-,31+,32+,33+,34-/m0/s1. The molecular formula is C34H62O4. The SMILES string of the molecule is CC[C@@]1(C)[C@@H]2CCC[C@@]3(CC[C@H](O)C(C)(C)C)C[C@@]23CC[C@]1(C)C(COC)[C@@]1(C)CCC(C(C)(C)OC)O1.